The van der Waals surface area contributed by atoms with Gasteiger partial charge in [0.15, 0.2) is 0 Å². The number of halogens is 1. The molecule has 2 rings (SSSR count). The van der Waals surface area contributed by atoms with E-state index in [0.29, 0.717) is 16.3 Å². The molecule has 0 spiro atoms. The number of carbonyl (C=O) groups is 1. The maximum Gasteiger partial charge on any atom is 0.319 e. The number of aryl methyl sites for hydroxylation is 1. The molecule has 2 amide bonds. The molecule has 2 aromatic rings. The number of anilines is 1. The number of benzene rings is 1. The largest absolute Gasteiger partial charge is 0.383 e. The van der Waals surface area contributed by atoms with Crippen molar-refractivity contribution in [2.24, 2.45) is 7.05 Å². The van der Waals surface area contributed by atoms with Gasteiger partial charge in [-0.2, -0.15) is 5.10 Å². The van der Waals surface area contributed by atoms with Crippen molar-refractivity contribution in [1.29, 1.82) is 0 Å². The molecule has 1 atom stereocenters. The normalized spacial score (nSPS) is 13.5. The highest BCUT2D eigenvalue weighted by atomic mass is 35.5. The summed E-state index contributed by atoms with van der Waals surface area (Å²) in [7, 11) is 1.76. The van der Waals surface area contributed by atoms with E-state index in [1.807, 2.05) is 0 Å². The average molecular weight is 309 g/mol. The minimum absolute atomic E-state index is 0.0606. The van der Waals surface area contributed by atoms with Crippen LogP contribution in [0.3, 0.4) is 0 Å². The van der Waals surface area contributed by atoms with Gasteiger partial charge in [-0.3, -0.25) is 4.68 Å². The number of amides is 2. The molecule has 0 radical (unpaired) electrons. The van der Waals surface area contributed by atoms with E-state index in [0.717, 1.165) is 0 Å². The molecule has 0 aliphatic rings. The average Bonchev–Trinajstić information content (AvgIpc) is 2.84. The Balaban J connectivity index is 1.91. The Morgan fingerprint density at radius 1 is 1.52 bits per heavy atom. The molecule has 112 valence electrons. The summed E-state index contributed by atoms with van der Waals surface area (Å²) < 4.78 is 1.59. The lowest BCUT2D eigenvalue weighted by Crippen LogP contribution is -2.40. The van der Waals surface area contributed by atoms with Crippen molar-refractivity contribution in [3.8, 4) is 0 Å². The Morgan fingerprint density at radius 2 is 2.29 bits per heavy atom. The smallest absolute Gasteiger partial charge is 0.319 e. The van der Waals surface area contributed by atoms with Crippen LogP contribution in [0.2, 0.25) is 5.02 Å². The summed E-state index contributed by atoms with van der Waals surface area (Å²) in [6, 6.07) is 6.41. The molecule has 0 saturated heterocycles. The zero-order chi connectivity index (χ0) is 15.5. The number of nitrogens with one attached hydrogen (secondary N) is 2. The van der Waals surface area contributed by atoms with Crippen LogP contribution in [0.1, 0.15) is 12.5 Å². The quantitative estimate of drug-likeness (QED) is 0.809. The van der Waals surface area contributed by atoms with E-state index in [4.69, 9.17) is 11.6 Å². The molecule has 0 saturated carbocycles. The number of hydrogen-bond acceptors (Lipinski definition) is 3. The third kappa shape index (κ3) is 4.21. The lowest BCUT2D eigenvalue weighted by atomic mass is 10.00. The lowest BCUT2D eigenvalue weighted by molar-refractivity contribution is 0.0599. The number of carbonyl (C=O) groups excluding carboxylic acids is 1. The summed E-state index contributed by atoms with van der Waals surface area (Å²) in [6.45, 7) is 1.68. The van der Waals surface area contributed by atoms with Crippen molar-refractivity contribution in [2.45, 2.75) is 12.5 Å². The number of hydrogen-bond donors (Lipinski definition) is 3. The van der Waals surface area contributed by atoms with Gasteiger partial charge in [0.25, 0.3) is 0 Å². The monoisotopic (exact) mass is 308 g/mol. The molecule has 0 unspecified atom stereocenters. The van der Waals surface area contributed by atoms with Crippen LogP contribution in [0.25, 0.3) is 0 Å². The van der Waals surface area contributed by atoms with E-state index in [1.54, 1.807) is 55.3 Å². The highest BCUT2D eigenvalue weighted by molar-refractivity contribution is 6.30. The summed E-state index contributed by atoms with van der Waals surface area (Å²) >= 11 is 5.84. The van der Waals surface area contributed by atoms with Crippen molar-refractivity contribution >= 4 is 23.3 Å². The first-order valence-electron chi connectivity index (χ1n) is 6.39. The van der Waals surface area contributed by atoms with Crippen LogP contribution in [0.4, 0.5) is 10.5 Å². The first-order chi connectivity index (χ1) is 9.87. The summed E-state index contributed by atoms with van der Waals surface area (Å²) in [4.78, 5) is 11.8. The first kappa shape index (κ1) is 15.3. The SMILES string of the molecule is Cn1cc([C@@](C)(O)CNC(=O)Nc2cccc(Cl)c2)cn1. The Kier molecular flexibility index (Phi) is 4.50. The Morgan fingerprint density at radius 3 is 2.90 bits per heavy atom. The molecule has 1 aromatic heterocycles. The van der Waals surface area contributed by atoms with Gasteiger partial charge < -0.3 is 15.7 Å². The topological polar surface area (TPSA) is 79.2 Å². The fourth-order valence-electron chi connectivity index (χ4n) is 1.80. The molecule has 0 aliphatic carbocycles. The third-order valence-electron chi connectivity index (χ3n) is 3.00. The van der Waals surface area contributed by atoms with Gasteiger partial charge in [0, 0.05) is 29.5 Å². The lowest BCUT2D eigenvalue weighted by Gasteiger charge is -2.22. The van der Waals surface area contributed by atoms with Crippen molar-refractivity contribution < 1.29 is 9.90 Å². The van der Waals surface area contributed by atoms with Crippen molar-refractivity contribution in [2.75, 3.05) is 11.9 Å². The molecular weight excluding hydrogens is 292 g/mol. The predicted octanol–water partition coefficient (Wildman–Crippen LogP) is 2.10. The van der Waals surface area contributed by atoms with Gasteiger partial charge in [-0.1, -0.05) is 17.7 Å². The molecular formula is C14H17ClN4O2. The van der Waals surface area contributed by atoms with Gasteiger partial charge >= 0.3 is 6.03 Å². The summed E-state index contributed by atoms with van der Waals surface area (Å²) in [5, 5.41) is 20.1. The van der Waals surface area contributed by atoms with Crippen LogP contribution < -0.4 is 10.6 Å². The Hall–Kier alpha value is -2.05. The van der Waals surface area contributed by atoms with Gasteiger partial charge in [0.2, 0.25) is 0 Å². The fourth-order valence-corrected chi connectivity index (χ4v) is 1.99. The molecule has 3 N–H and O–H groups in total. The van der Waals surface area contributed by atoms with Gasteiger partial charge in [0.1, 0.15) is 5.60 Å². The van der Waals surface area contributed by atoms with Gasteiger partial charge in [-0.25, -0.2) is 4.79 Å². The molecule has 7 heteroatoms. The van der Waals surface area contributed by atoms with E-state index in [1.165, 1.54) is 0 Å². The number of urea groups is 1. The second-order valence-corrected chi connectivity index (χ2v) is 5.43. The number of nitrogens with zero attached hydrogens (tertiary/aromatic N) is 2. The molecule has 6 nitrogen and oxygen atoms in total. The van der Waals surface area contributed by atoms with Crippen LogP contribution in [-0.4, -0.2) is 27.5 Å². The highest BCUT2D eigenvalue weighted by Gasteiger charge is 2.25. The van der Waals surface area contributed by atoms with Crippen LogP contribution in [-0.2, 0) is 12.6 Å². The molecule has 0 bridgehead atoms. The Labute approximate surface area is 127 Å². The third-order valence-corrected chi connectivity index (χ3v) is 3.24. The maximum absolute atomic E-state index is 11.8. The maximum atomic E-state index is 11.8. The highest BCUT2D eigenvalue weighted by Crippen LogP contribution is 2.19. The van der Waals surface area contributed by atoms with E-state index in [2.05, 4.69) is 15.7 Å². The van der Waals surface area contributed by atoms with Crippen LogP contribution in [0, 0.1) is 0 Å². The number of aromatic nitrogens is 2. The summed E-state index contributed by atoms with van der Waals surface area (Å²) in [5.74, 6) is 0. The van der Waals surface area contributed by atoms with Crippen molar-refractivity contribution in [1.82, 2.24) is 15.1 Å². The summed E-state index contributed by atoms with van der Waals surface area (Å²) in [6.07, 6.45) is 3.27. The first-order valence-corrected chi connectivity index (χ1v) is 6.76. The summed E-state index contributed by atoms with van der Waals surface area (Å²) in [5.41, 5.74) is 0.0222. The minimum atomic E-state index is -1.19. The van der Waals surface area contributed by atoms with Crippen LogP contribution in [0.5, 0.6) is 0 Å². The molecule has 0 aliphatic heterocycles. The molecule has 1 heterocycles. The van der Waals surface area contributed by atoms with E-state index in [-0.39, 0.29) is 6.54 Å². The second-order valence-electron chi connectivity index (χ2n) is 4.99. The molecule has 0 fully saturated rings. The minimum Gasteiger partial charge on any atom is -0.383 e. The number of aliphatic hydroxyl groups is 1. The van der Waals surface area contributed by atoms with Gasteiger partial charge in [0.05, 0.1) is 12.7 Å². The zero-order valence-corrected chi connectivity index (χ0v) is 12.6. The van der Waals surface area contributed by atoms with Crippen LogP contribution >= 0.6 is 11.6 Å². The fraction of sp³-hybridized carbons (Fsp3) is 0.286. The Bertz CT molecular complexity index is 639. The molecule has 21 heavy (non-hydrogen) atoms. The van der Waals surface area contributed by atoms with Crippen LogP contribution in [0.15, 0.2) is 36.7 Å². The second kappa shape index (κ2) is 6.15. The predicted molar refractivity (Wildman–Crippen MR) is 81.3 cm³/mol. The van der Waals surface area contributed by atoms with Crippen molar-refractivity contribution in [3.63, 3.8) is 0 Å². The van der Waals surface area contributed by atoms with Crippen molar-refractivity contribution in [3.05, 3.63) is 47.2 Å². The number of rotatable bonds is 4. The van der Waals surface area contributed by atoms with Gasteiger partial charge in [-0.15, -0.1) is 0 Å². The van der Waals surface area contributed by atoms with Gasteiger partial charge in [-0.05, 0) is 25.1 Å². The van der Waals surface area contributed by atoms with E-state index in [9.17, 15) is 9.90 Å². The molecule has 1 aromatic carbocycles. The zero-order valence-electron chi connectivity index (χ0n) is 11.8. The van der Waals surface area contributed by atoms with E-state index < -0.39 is 11.6 Å². The standard InChI is InChI=1S/C14H17ClN4O2/c1-14(21,10-7-17-19(2)8-10)9-16-13(20)18-12-5-3-4-11(15)6-12/h3-8,21H,9H2,1-2H3,(H2,16,18,20)/t14-/m0/s1. The van der Waals surface area contributed by atoms with E-state index >= 15 is 0 Å².